The Balaban J connectivity index is 1.71. The Morgan fingerprint density at radius 3 is 2.34 bits per heavy atom. The fourth-order valence-electron chi connectivity index (χ4n) is 4.31. The van der Waals surface area contributed by atoms with E-state index in [1.54, 1.807) is 19.0 Å². The van der Waals surface area contributed by atoms with Gasteiger partial charge in [-0.3, -0.25) is 14.6 Å². The van der Waals surface area contributed by atoms with Gasteiger partial charge in [-0.2, -0.15) is 13.2 Å². The van der Waals surface area contributed by atoms with E-state index >= 15 is 0 Å². The van der Waals surface area contributed by atoms with Crippen LogP contribution in [0.5, 0.6) is 0 Å². The highest BCUT2D eigenvalue weighted by Gasteiger charge is 2.67. The molecule has 2 atom stereocenters. The Kier molecular flexibility index (Phi) is 8.06. The summed E-state index contributed by atoms with van der Waals surface area (Å²) < 4.78 is 56.0. The average molecular weight is 515 g/mol. The third-order valence-electron chi connectivity index (χ3n) is 6.67. The van der Waals surface area contributed by atoms with Gasteiger partial charge in [0, 0.05) is 37.3 Å². The topological polar surface area (TPSA) is 88.3 Å². The normalized spacial score (nSPS) is 16.6. The molecule has 3 N–H and O–H groups in total. The molecule has 2 aromatic rings. The molecule has 1 unspecified atom stereocenters. The number of pyridine rings is 1. The zero-order chi connectivity index (χ0) is 26.0. The molecule has 0 spiro atoms. The van der Waals surface area contributed by atoms with Crippen LogP contribution >= 0.6 is 11.6 Å². The van der Waals surface area contributed by atoms with Gasteiger partial charge in [0.15, 0.2) is 5.82 Å². The fraction of sp³-hybridized carbons (Fsp3) is 0.458. The number of amides is 2. The standard InChI is InChI=1S/C24H27ClF4N4O2/c1-33(2)16(11-15-3-4-17(22(30)35)21(26)20(15)25)13-32-19(34)12-18(14-5-9-31-10-6-14)23(7-8-23)24(27,28)29/h3-6,9-10,16,18H,7-8,11-13H2,1-2H3,(H2,30,35)(H,32,34)/t16-,18?/m0/s1. The summed E-state index contributed by atoms with van der Waals surface area (Å²) in [4.78, 5) is 29.8. The van der Waals surface area contributed by atoms with E-state index in [-0.39, 0.29) is 48.9 Å². The zero-order valence-electron chi connectivity index (χ0n) is 19.3. The number of carbonyl (C=O) groups is 2. The van der Waals surface area contributed by atoms with E-state index in [0.717, 1.165) is 0 Å². The monoisotopic (exact) mass is 514 g/mol. The number of primary amides is 1. The van der Waals surface area contributed by atoms with Crippen molar-refractivity contribution in [3.8, 4) is 0 Å². The third-order valence-corrected chi connectivity index (χ3v) is 7.08. The van der Waals surface area contributed by atoms with E-state index in [1.165, 1.54) is 36.7 Å². The molecule has 35 heavy (non-hydrogen) atoms. The van der Waals surface area contributed by atoms with E-state index in [4.69, 9.17) is 17.3 Å². The Morgan fingerprint density at radius 2 is 1.83 bits per heavy atom. The summed E-state index contributed by atoms with van der Waals surface area (Å²) in [6.07, 6.45) is -1.74. The molecule has 1 aromatic carbocycles. The van der Waals surface area contributed by atoms with Crippen LogP contribution in [0.3, 0.4) is 0 Å². The Bertz CT molecular complexity index is 1080. The van der Waals surface area contributed by atoms with Crippen molar-refractivity contribution in [1.82, 2.24) is 15.2 Å². The van der Waals surface area contributed by atoms with Crippen molar-refractivity contribution in [3.63, 3.8) is 0 Å². The van der Waals surface area contributed by atoms with Gasteiger partial charge in [0.1, 0.15) is 0 Å². The second-order valence-electron chi connectivity index (χ2n) is 9.08. The molecule has 0 radical (unpaired) electrons. The molecule has 6 nitrogen and oxygen atoms in total. The van der Waals surface area contributed by atoms with Gasteiger partial charge in [-0.05, 0) is 62.7 Å². The molecule has 1 saturated carbocycles. The van der Waals surface area contributed by atoms with Crippen molar-refractivity contribution in [3.05, 3.63) is 64.2 Å². The number of nitrogens with zero attached hydrogens (tertiary/aromatic N) is 2. The van der Waals surface area contributed by atoms with Gasteiger partial charge < -0.3 is 16.0 Å². The minimum Gasteiger partial charge on any atom is -0.366 e. The minimum absolute atomic E-state index is 0.0253. The quantitative estimate of drug-likeness (QED) is 0.468. The molecule has 0 aliphatic heterocycles. The lowest BCUT2D eigenvalue weighted by atomic mass is 9.80. The zero-order valence-corrected chi connectivity index (χ0v) is 20.1. The first-order chi connectivity index (χ1) is 16.4. The van der Waals surface area contributed by atoms with E-state index in [2.05, 4.69) is 10.3 Å². The second-order valence-corrected chi connectivity index (χ2v) is 9.46. The molecule has 11 heteroatoms. The van der Waals surface area contributed by atoms with Gasteiger partial charge in [-0.1, -0.05) is 17.7 Å². The molecule has 1 aromatic heterocycles. The highest BCUT2D eigenvalue weighted by atomic mass is 35.5. The van der Waals surface area contributed by atoms with Crippen LogP contribution in [0, 0.1) is 11.2 Å². The van der Waals surface area contributed by atoms with Gasteiger partial charge >= 0.3 is 6.18 Å². The van der Waals surface area contributed by atoms with Crippen molar-refractivity contribution in [2.24, 2.45) is 11.1 Å². The van der Waals surface area contributed by atoms with Gasteiger partial charge in [0.05, 0.1) is 16.0 Å². The highest BCUT2D eigenvalue weighted by molar-refractivity contribution is 6.32. The maximum atomic E-state index is 14.4. The number of rotatable bonds is 10. The molecule has 0 saturated heterocycles. The first-order valence-corrected chi connectivity index (χ1v) is 11.4. The molecule has 2 amide bonds. The second kappa shape index (κ2) is 10.5. The number of hydrogen-bond donors (Lipinski definition) is 2. The summed E-state index contributed by atoms with van der Waals surface area (Å²) in [6.45, 7) is 0.101. The molecular formula is C24H27ClF4N4O2. The van der Waals surface area contributed by atoms with Gasteiger partial charge in [0.25, 0.3) is 5.91 Å². The summed E-state index contributed by atoms with van der Waals surface area (Å²) in [5.41, 5.74) is 3.73. The van der Waals surface area contributed by atoms with Crippen molar-refractivity contribution in [1.29, 1.82) is 0 Å². The van der Waals surface area contributed by atoms with Crippen LogP contribution in [-0.4, -0.2) is 54.6 Å². The van der Waals surface area contributed by atoms with E-state index in [0.29, 0.717) is 11.1 Å². The van der Waals surface area contributed by atoms with Crippen LogP contribution in [-0.2, 0) is 11.2 Å². The number of alkyl halides is 3. The van der Waals surface area contributed by atoms with Crippen molar-refractivity contribution in [2.45, 2.75) is 43.8 Å². The highest BCUT2D eigenvalue weighted by Crippen LogP contribution is 2.66. The number of aromatic nitrogens is 1. The Morgan fingerprint density at radius 1 is 1.20 bits per heavy atom. The SMILES string of the molecule is CN(C)[C@H](CNC(=O)CC(c1ccncc1)C1(C(F)(F)F)CC1)Cc1ccc(C(N)=O)c(F)c1Cl. The lowest BCUT2D eigenvalue weighted by Gasteiger charge is -2.30. The van der Waals surface area contributed by atoms with Crippen molar-refractivity contribution < 1.29 is 27.2 Å². The predicted octanol–water partition coefficient (Wildman–Crippen LogP) is 4.08. The molecule has 1 aliphatic carbocycles. The van der Waals surface area contributed by atoms with E-state index in [1.807, 2.05) is 0 Å². The smallest absolute Gasteiger partial charge is 0.366 e. The average Bonchev–Trinajstić information content (AvgIpc) is 3.60. The molecule has 1 heterocycles. The summed E-state index contributed by atoms with van der Waals surface area (Å²) in [6, 6.07) is 5.42. The summed E-state index contributed by atoms with van der Waals surface area (Å²) in [5.74, 6) is -3.40. The molecule has 0 bridgehead atoms. The van der Waals surface area contributed by atoms with Gasteiger partial charge in [0.2, 0.25) is 5.91 Å². The molecule has 1 fully saturated rings. The minimum atomic E-state index is -4.43. The van der Waals surface area contributed by atoms with Crippen LogP contribution in [0.15, 0.2) is 36.7 Å². The lowest BCUT2D eigenvalue weighted by Crippen LogP contribution is -2.43. The molecular weight excluding hydrogens is 488 g/mol. The number of nitrogens with two attached hydrogens (primary N) is 1. The van der Waals surface area contributed by atoms with Crippen LogP contribution < -0.4 is 11.1 Å². The number of benzene rings is 1. The number of halogens is 5. The van der Waals surface area contributed by atoms with Crippen molar-refractivity contribution >= 4 is 23.4 Å². The van der Waals surface area contributed by atoms with Crippen molar-refractivity contribution in [2.75, 3.05) is 20.6 Å². The predicted molar refractivity (Wildman–Crippen MR) is 123 cm³/mol. The van der Waals surface area contributed by atoms with E-state index < -0.39 is 35.1 Å². The van der Waals surface area contributed by atoms with Crippen LogP contribution in [0.4, 0.5) is 17.6 Å². The fourth-order valence-corrected chi connectivity index (χ4v) is 4.55. The number of likely N-dealkylation sites (N-methyl/N-ethyl adjacent to an activating group) is 1. The van der Waals surface area contributed by atoms with E-state index in [9.17, 15) is 27.2 Å². The Labute approximate surface area is 205 Å². The van der Waals surface area contributed by atoms with Gasteiger partial charge in [-0.15, -0.1) is 0 Å². The molecule has 1 aliphatic rings. The lowest BCUT2D eigenvalue weighted by molar-refractivity contribution is -0.194. The molecule has 3 rings (SSSR count). The first kappa shape index (κ1) is 26.9. The molecule has 190 valence electrons. The van der Waals surface area contributed by atoms with Crippen LogP contribution in [0.25, 0.3) is 0 Å². The number of hydrogen-bond acceptors (Lipinski definition) is 4. The van der Waals surface area contributed by atoms with Crippen LogP contribution in [0.1, 0.15) is 46.7 Å². The largest absolute Gasteiger partial charge is 0.395 e. The Hall–Kier alpha value is -2.72. The van der Waals surface area contributed by atoms with Gasteiger partial charge in [-0.25, -0.2) is 4.39 Å². The maximum absolute atomic E-state index is 14.4. The summed E-state index contributed by atoms with van der Waals surface area (Å²) >= 11 is 6.09. The third kappa shape index (κ3) is 5.92. The first-order valence-electron chi connectivity index (χ1n) is 11.0. The number of nitrogens with one attached hydrogen (secondary N) is 1. The summed E-state index contributed by atoms with van der Waals surface area (Å²) in [5, 5.41) is 2.49. The summed E-state index contributed by atoms with van der Waals surface area (Å²) in [7, 11) is 3.50. The van der Waals surface area contributed by atoms with Crippen LogP contribution in [0.2, 0.25) is 5.02 Å². The number of carbonyl (C=O) groups excluding carboxylic acids is 2. The maximum Gasteiger partial charge on any atom is 0.395 e.